The van der Waals surface area contributed by atoms with Crippen LogP contribution >= 0.6 is 0 Å². The molecule has 112 valence electrons. The van der Waals surface area contributed by atoms with Crippen LogP contribution in [-0.2, 0) is 0 Å². The summed E-state index contributed by atoms with van der Waals surface area (Å²) in [4.78, 5) is 8.08. The van der Waals surface area contributed by atoms with Crippen molar-refractivity contribution in [1.29, 1.82) is 0 Å². The fourth-order valence-corrected chi connectivity index (χ4v) is 3.09. The van der Waals surface area contributed by atoms with E-state index in [9.17, 15) is 0 Å². The van der Waals surface area contributed by atoms with Crippen LogP contribution in [0.4, 0.5) is 0 Å². The van der Waals surface area contributed by atoms with Gasteiger partial charge in [-0.1, -0.05) is 60.7 Å². The minimum absolute atomic E-state index is 0.120. The smallest absolute Gasteiger partial charge is 0.0727 e. The zero-order valence-electron chi connectivity index (χ0n) is 13.0. The van der Waals surface area contributed by atoms with E-state index < -0.39 is 0 Å². The maximum Gasteiger partial charge on any atom is 0.0727 e. The standard InChI is InChI=1S/C21H18N2/c1-15(18-11-6-8-16-7-2-3-9-19(16)18)22-13-17-14-23-21-12-5-4-10-20(17)21/h2-15,23H,1H3/t15-/m1/s1. The third-order valence-electron chi connectivity index (χ3n) is 4.33. The van der Waals surface area contributed by atoms with Gasteiger partial charge >= 0.3 is 0 Å². The van der Waals surface area contributed by atoms with Gasteiger partial charge in [-0.2, -0.15) is 0 Å². The summed E-state index contributed by atoms with van der Waals surface area (Å²) in [6, 6.07) is 23.3. The quantitative estimate of drug-likeness (QED) is 0.484. The predicted octanol–water partition coefficient (Wildman–Crippen LogP) is 5.50. The van der Waals surface area contributed by atoms with Crippen molar-refractivity contribution in [3.05, 3.63) is 84.1 Å². The van der Waals surface area contributed by atoms with E-state index in [0.29, 0.717) is 0 Å². The fourth-order valence-electron chi connectivity index (χ4n) is 3.09. The number of hydrogen-bond donors (Lipinski definition) is 1. The zero-order valence-corrected chi connectivity index (χ0v) is 13.0. The van der Waals surface area contributed by atoms with E-state index in [1.807, 2.05) is 18.5 Å². The molecule has 1 heterocycles. The second-order valence-corrected chi connectivity index (χ2v) is 5.81. The molecule has 23 heavy (non-hydrogen) atoms. The molecule has 2 heteroatoms. The van der Waals surface area contributed by atoms with Crippen LogP contribution in [0.2, 0.25) is 0 Å². The normalized spacial score (nSPS) is 13.1. The summed E-state index contributed by atoms with van der Waals surface area (Å²) in [5.74, 6) is 0. The number of fused-ring (bicyclic) bond motifs is 2. The number of H-pyrrole nitrogens is 1. The van der Waals surface area contributed by atoms with E-state index in [0.717, 1.165) is 11.1 Å². The third-order valence-corrected chi connectivity index (χ3v) is 4.33. The number of aromatic nitrogens is 1. The van der Waals surface area contributed by atoms with E-state index >= 15 is 0 Å². The Morgan fingerprint density at radius 3 is 2.52 bits per heavy atom. The van der Waals surface area contributed by atoms with Gasteiger partial charge in [-0.05, 0) is 29.3 Å². The second-order valence-electron chi connectivity index (χ2n) is 5.81. The van der Waals surface area contributed by atoms with E-state index in [1.165, 1.54) is 21.7 Å². The molecule has 0 spiro atoms. The van der Waals surface area contributed by atoms with E-state index in [1.54, 1.807) is 0 Å². The Morgan fingerprint density at radius 1 is 0.870 bits per heavy atom. The van der Waals surface area contributed by atoms with Crippen LogP contribution in [-0.4, -0.2) is 11.2 Å². The van der Waals surface area contributed by atoms with E-state index in [2.05, 4.69) is 72.6 Å². The number of aromatic amines is 1. The van der Waals surface area contributed by atoms with Crippen molar-refractivity contribution in [3.63, 3.8) is 0 Å². The van der Waals surface area contributed by atoms with Crippen molar-refractivity contribution in [1.82, 2.24) is 4.98 Å². The fraction of sp³-hybridized carbons (Fsp3) is 0.0952. The van der Waals surface area contributed by atoms with Crippen molar-refractivity contribution in [2.45, 2.75) is 13.0 Å². The molecule has 2 nitrogen and oxygen atoms in total. The maximum atomic E-state index is 4.79. The first-order chi connectivity index (χ1) is 11.3. The van der Waals surface area contributed by atoms with Crippen molar-refractivity contribution < 1.29 is 0 Å². The summed E-state index contributed by atoms with van der Waals surface area (Å²) in [5, 5.41) is 3.75. The number of aliphatic imine (C=N–C) groups is 1. The highest BCUT2D eigenvalue weighted by atomic mass is 14.8. The van der Waals surface area contributed by atoms with Gasteiger partial charge in [0.2, 0.25) is 0 Å². The van der Waals surface area contributed by atoms with Crippen molar-refractivity contribution in [3.8, 4) is 0 Å². The Morgan fingerprint density at radius 2 is 1.61 bits per heavy atom. The summed E-state index contributed by atoms with van der Waals surface area (Å²) < 4.78 is 0. The summed E-state index contributed by atoms with van der Waals surface area (Å²) in [6.07, 6.45) is 4.00. The van der Waals surface area contributed by atoms with Crippen LogP contribution < -0.4 is 0 Å². The second kappa shape index (κ2) is 5.73. The van der Waals surface area contributed by atoms with Gasteiger partial charge in [0, 0.05) is 28.9 Å². The molecule has 0 unspecified atom stereocenters. The molecule has 0 aliphatic heterocycles. The Bertz CT molecular complexity index is 990. The number of para-hydroxylation sites is 1. The number of rotatable bonds is 3. The summed E-state index contributed by atoms with van der Waals surface area (Å²) in [7, 11) is 0. The van der Waals surface area contributed by atoms with Crippen molar-refractivity contribution >= 4 is 27.9 Å². The number of nitrogens with one attached hydrogen (secondary N) is 1. The monoisotopic (exact) mass is 298 g/mol. The highest BCUT2D eigenvalue weighted by molar-refractivity contribution is 5.99. The first-order valence-corrected chi connectivity index (χ1v) is 7.90. The maximum absolute atomic E-state index is 4.79. The van der Waals surface area contributed by atoms with Gasteiger partial charge in [-0.15, -0.1) is 0 Å². The number of benzene rings is 3. The van der Waals surface area contributed by atoms with Gasteiger partial charge in [-0.3, -0.25) is 4.99 Å². The highest BCUT2D eigenvalue weighted by Crippen LogP contribution is 2.26. The molecule has 0 amide bonds. The van der Waals surface area contributed by atoms with Gasteiger partial charge in [-0.25, -0.2) is 0 Å². The average molecular weight is 298 g/mol. The van der Waals surface area contributed by atoms with Crippen LogP contribution in [0.1, 0.15) is 24.1 Å². The van der Waals surface area contributed by atoms with Crippen LogP contribution in [0, 0.1) is 0 Å². The minimum atomic E-state index is 0.120. The van der Waals surface area contributed by atoms with Gasteiger partial charge in [0.05, 0.1) is 6.04 Å². The van der Waals surface area contributed by atoms with E-state index in [4.69, 9.17) is 4.99 Å². The van der Waals surface area contributed by atoms with Crippen LogP contribution in [0.15, 0.2) is 77.9 Å². The predicted molar refractivity (Wildman–Crippen MR) is 98.3 cm³/mol. The molecule has 0 aliphatic rings. The van der Waals surface area contributed by atoms with Crippen molar-refractivity contribution in [2.75, 3.05) is 0 Å². The Kier molecular flexibility index (Phi) is 3.43. The summed E-state index contributed by atoms with van der Waals surface area (Å²) in [6.45, 7) is 2.15. The van der Waals surface area contributed by atoms with Gasteiger partial charge in [0.25, 0.3) is 0 Å². The lowest BCUT2D eigenvalue weighted by atomic mass is 10.00. The van der Waals surface area contributed by atoms with Crippen LogP contribution in [0.25, 0.3) is 21.7 Å². The first-order valence-electron chi connectivity index (χ1n) is 7.90. The molecule has 0 saturated heterocycles. The molecular weight excluding hydrogens is 280 g/mol. The molecule has 3 aromatic carbocycles. The van der Waals surface area contributed by atoms with Crippen molar-refractivity contribution in [2.24, 2.45) is 4.99 Å². The SMILES string of the molecule is C[C@@H](N=Cc1c[nH]c2ccccc12)c1cccc2ccccc12. The number of hydrogen-bond acceptors (Lipinski definition) is 1. The Labute approximate surface area is 135 Å². The number of nitrogens with zero attached hydrogens (tertiary/aromatic N) is 1. The van der Waals surface area contributed by atoms with Gasteiger partial charge in [0.15, 0.2) is 0 Å². The molecule has 1 atom stereocenters. The minimum Gasteiger partial charge on any atom is -0.361 e. The lowest BCUT2D eigenvalue weighted by Gasteiger charge is -2.10. The highest BCUT2D eigenvalue weighted by Gasteiger charge is 2.07. The zero-order chi connectivity index (χ0) is 15.6. The largest absolute Gasteiger partial charge is 0.361 e. The molecule has 1 aromatic heterocycles. The molecule has 0 radical (unpaired) electrons. The van der Waals surface area contributed by atoms with E-state index in [-0.39, 0.29) is 6.04 Å². The molecule has 0 aliphatic carbocycles. The summed E-state index contributed by atoms with van der Waals surface area (Å²) >= 11 is 0. The molecule has 4 rings (SSSR count). The van der Waals surface area contributed by atoms with Crippen LogP contribution in [0.3, 0.4) is 0 Å². The molecular formula is C21H18N2. The Hall–Kier alpha value is -2.87. The lowest BCUT2D eigenvalue weighted by Crippen LogP contribution is -1.92. The topological polar surface area (TPSA) is 28.1 Å². The molecule has 0 bridgehead atoms. The average Bonchev–Trinajstić information content (AvgIpc) is 3.02. The molecule has 0 fully saturated rings. The Balaban J connectivity index is 1.70. The summed E-state index contributed by atoms with van der Waals surface area (Å²) in [5.41, 5.74) is 3.54. The lowest BCUT2D eigenvalue weighted by molar-refractivity contribution is 0.834. The van der Waals surface area contributed by atoms with Gasteiger partial charge < -0.3 is 4.98 Å². The molecule has 1 N–H and O–H groups in total. The third kappa shape index (κ3) is 2.53. The molecule has 4 aromatic rings. The first kappa shape index (κ1) is 13.8. The van der Waals surface area contributed by atoms with Gasteiger partial charge in [0.1, 0.15) is 0 Å². The van der Waals surface area contributed by atoms with Crippen LogP contribution in [0.5, 0.6) is 0 Å². The molecule has 0 saturated carbocycles.